The Hall–Kier alpha value is -3.50. The number of pyridine rings is 1. The third-order valence-corrected chi connectivity index (χ3v) is 5.54. The quantitative estimate of drug-likeness (QED) is 0.504. The molecule has 1 aliphatic carbocycles. The lowest BCUT2D eigenvalue weighted by molar-refractivity contribution is 0.104. The van der Waals surface area contributed by atoms with E-state index < -0.39 is 0 Å². The molecule has 1 N–H and O–H groups in total. The summed E-state index contributed by atoms with van der Waals surface area (Å²) >= 11 is 0. The fraction of sp³-hybridized carbons (Fsp3) is 0.120. The molecule has 1 aromatic heterocycles. The number of nitrogens with zero attached hydrogens (tertiary/aromatic N) is 1. The summed E-state index contributed by atoms with van der Waals surface area (Å²) in [6, 6.07) is 23.5. The lowest BCUT2D eigenvalue weighted by Crippen LogP contribution is -2.18. The second-order valence-electron chi connectivity index (χ2n) is 7.58. The first kappa shape index (κ1) is 17.6. The zero-order valence-electron chi connectivity index (χ0n) is 16.1. The van der Waals surface area contributed by atoms with Gasteiger partial charge in [-0.2, -0.15) is 0 Å². The van der Waals surface area contributed by atoms with Crippen LogP contribution in [0.15, 0.2) is 77.6 Å². The molecule has 5 rings (SSSR count). The van der Waals surface area contributed by atoms with Crippen LogP contribution in [0, 0.1) is 0 Å². The van der Waals surface area contributed by atoms with Crippen LogP contribution in [0.1, 0.15) is 27.0 Å². The van der Waals surface area contributed by atoms with Crippen molar-refractivity contribution in [1.82, 2.24) is 9.88 Å². The number of rotatable bonds is 4. The molecule has 0 bridgehead atoms. The predicted molar refractivity (Wildman–Crippen MR) is 115 cm³/mol. The SMILES string of the molecule is CN(Cc1ccccc1)Cc1cccc2c1C(=O)c1c-2[nH]c(=O)c2ccccc12. The van der Waals surface area contributed by atoms with E-state index in [-0.39, 0.29) is 11.3 Å². The van der Waals surface area contributed by atoms with Crippen molar-refractivity contribution < 1.29 is 4.79 Å². The van der Waals surface area contributed by atoms with Crippen LogP contribution in [-0.4, -0.2) is 22.7 Å². The molecule has 1 aliphatic rings. The average Bonchev–Trinajstić information content (AvgIpc) is 3.02. The highest BCUT2D eigenvalue weighted by molar-refractivity contribution is 6.27. The van der Waals surface area contributed by atoms with Crippen LogP contribution in [-0.2, 0) is 13.1 Å². The Kier molecular flexibility index (Phi) is 4.14. The molecule has 0 spiro atoms. The van der Waals surface area contributed by atoms with Gasteiger partial charge in [0.25, 0.3) is 5.56 Å². The van der Waals surface area contributed by atoms with Crippen molar-refractivity contribution in [2.24, 2.45) is 0 Å². The van der Waals surface area contributed by atoms with Gasteiger partial charge >= 0.3 is 0 Å². The molecule has 0 amide bonds. The molecule has 0 saturated heterocycles. The molecule has 0 saturated carbocycles. The zero-order valence-corrected chi connectivity index (χ0v) is 16.1. The molecule has 0 aliphatic heterocycles. The van der Waals surface area contributed by atoms with E-state index in [1.54, 1.807) is 6.07 Å². The Labute approximate surface area is 168 Å². The van der Waals surface area contributed by atoms with Crippen LogP contribution in [0.4, 0.5) is 0 Å². The number of H-pyrrole nitrogens is 1. The molecule has 3 aromatic carbocycles. The molecular weight excluding hydrogens is 360 g/mol. The Morgan fingerprint density at radius 2 is 1.48 bits per heavy atom. The fourth-order valence-electron chi connectivity index (χ4n) is 4.29. The second-order valence-corrected chi connectivity index (χ2v) is 7.58. The van der Waals surface area contributed by atoms with Crippen molar-refractivity contribution in [3.05, 3.63) is 105 Å². The average molecular weight is 380 g/mol. The summed E-state index contributed by atoms with van der Waals surface area (Å²) in [6.45, 7) is 1.45. The Balaban J connectivity index is 1.57. The van der Waals surface area contributed by atoms with E-state index in [1.165, 1.54) is 5.56 Å². The van der Waals surface area contributed by atoms with Crippen LogP contribution in [0.2, 0.25) is 0 Å². The van der Waals surface area contributed by atoms with Crippen molar-refractivity contribution in [1.29, 1.82) is 0 Å². The molecule has 29 heavy (non-hydrogen) atoms. The summed E-state index contributed by atoms with van der Waals surface area (Å²) in [6.07, 6.45) is 0. The lowest BCUT2D eigenvalue weighted by Gasteiger charge is -2.18. The number of hydrogen-bond acceptors (Lipinski definition) is 3. The smallest absolute Gasteiger partial charge is 0.256 e. The van der Waals surface area contributed by atoms with Gasteiger partial charge in [-0.15, -0.1) is 0 Å². The Morgan fingerprint density at radius 1 is 0.759 bits per heavy atom. The first-order valence-corrected chi connectivity index (χ1v) is 9.68. The fourth-order valence-corrected chi connectivity index (χ4v) is 4.29. The standard InChI is InChI=1S/C25H20N2O2/c1-27(14-16-8-3-2-4-9-16)15-17-10-7-13-20-21(17)24(28)22-18-11-5-6-12-19(18)25(29)26-23(20)22/h2-13H,14-15H2,1H3,(H,26,29). The van der Waals surface area contributed by atoms with Gasteiger partial charge in [-0.3, -0.25) is 14.5 Å². The van der Waals surface area contributed by atoms with E-state index in [4.69, 9.17) is 0 Å². The minimum absolute atomic E-state index is 0.00818. The van der Waals surface area contributed by atoms with E-state index in [9.17, 15) is 9.59 Å². The monoisotopic (exact) mass is 380 g/mol. The van der Waals surface area contributed by atoms with Crippen molar-refractivity contribution in [2.75, 3.05) is 7.05 Å². The molecule has 4 nitrogen and oxygen atoms in total. The zero-order chi connectivity index (χ0) is 20.0. The first-order valence-electron chi connectivity index (χ1n) is 9.68. The molecule has 0 atom stereocenters. The van der Waals surface area contributed by atoms with Crippen LogP contribution in [0.3, 0.4) is 0 Å². The number of nitrogens with one attached hydrogen (secondary N) is 1. The normalized spacial score (nSPS) is 12.4. The third kappa shape index (κ3) is 2.89. The van der Waals surface area contributed by atoms with Gasteiger partial charge in [0.2, 0.25) is 0 Å². The maximum absolute atomic E-state index is 13.4. The number of carbonyl (C=O) groups is 1. The number of fused-ring (bicyclic) bond motifs is 5. The minimum atomic E-state index is -0.161. The summed E-state index contributed by atoms with van der Waals surface area (Å²) in [4.78, 5) is 31.1. The van der Waals surface area contributed by atoms with E-state index in [1.807, 2.05) is 54.6 Å². The van der Waals surface area contributed by atoms with Crippen LogP contribution in [0.5, 0.6) is 0 Å². The van der Waals surface area contributed by atoms with E-state index in [0.29, 0.717) is 28.8 Å². The summed E-state index contributed by atoms with van der Waals surface area (Å²) in [5.74, 6) is -0.00818. The molecule has 0 unspecified atom stereocenters. The summed E-state index contributed by atoms with van der Waals surface area (Å²) < 4.78 is 0. The molecule has 0 radical (unpaired) electrons. The Morgan fingerprint density at radius 3 is 2.28 bits per heavy atom. The highest BCUT2D eigenvalue weighted by atomic mass is 16.1. The highest BCUT2D eigenvalue weighted by Gasteiger charge is 2.32. The number of aromatic amines is 1. The number of aromatic nitrogens is 1. The molecule has 1 heterocycles. The largest absolute Gasteiger partial charge is 0.321 e. The molecule has 4 aromatic rings. The number of benzene rings is 3. The van der Waals surface area contributed by atoms with Crippen molar-refractivity contribution >= 4 is 16.6 Å². The van der Waals surface area contributed by atoms with Crippen molar-refractivity contribution in [2.45, 2.75) is 13.1 Å². The molecule has 0 fully saturated rings. The molecule has 142 valence electrons. The van der Waals surface area contributed by atoms with Gasteiger partial charge in [-0.05, 0) is 24.2 Å². The van der Waals surface area contributed by atoms with Crippen molar-refractivity contribution in [3.8, 4) is 11.3 Å². The van der Waals surface area contributed by atoms with Gasteiger partial charge in [-0.25, -0.2) is 0 Å². The minimum Gasteiger partial charge on any atom is -0.321 e. The van der Waals surface area contributed by atoms with Crippen LogP contribution < -0.4 is 5.56 Å². The van der Waals surface area contributed by atoms with E-state index in [2.05, 4.69) is 29.1 Å². The van der Waals surface area contributed by atoms with E-state index in [0.717, 1.165) is 23.1 Å². The third-order valence-electron chi connectivity index (χ3n) is 5.54. The first-order chi connectivity index (χ1) is 14.1. The number of hydrogen-bond donors (Lipinski definition) is 1. The van der Waals surface area contributed by atoms with E-state index >= 15 is 0 Å². The number of carbonyl (C=O) groups excluding carboxylic acids is 1. The van der Waals surface area contributed by atoms with Gasteiger partial charge in [0.05, 0.1) is 11.3 Å². The van der Waals surface area contributed by atoms with Gasteiger partial charge < -0.3 is 4.98 Å². The van der Waals surface area contributed by atoms with Gasteiger partial charge in [0, 0.05) is 35.0 Å². The van der Waals surface area contributed by atoms with Crippen LogP contribution in [0.25, 0.3) is 22.0 Å². The summed E-state index contributed by atoms with van der Waals surface area (Å²) in [5, 5.41) is 1.27. The van der Waals surface area contributed by atoms with Gasteiger partial charge in [0.15, 0.2) is 5.78 Å². The maximum Gasteiger partial charge on any atom is 0.256 e. The second kappa shape index (κ2) is 6.83. The molecule has 4 heteroatoms. The summed E-state index contributed by atoms with van der Waals surface area (Å²) in [7, 11) is 2.05. The van der Waals surface area contributed by atoms with Gasteiger partial charge in [-0.1, -0.05) is 66.7 Å². The lowest BCUT2D eigenvalue weighted by atomic mass is 10.0. The maximum atomic E-state index is 13.4. The van der Waals surface area contributed by atoms with Crippen LogP contribution >= 0.6 is 0 Å². The molecular formula is C25H20N2O2. The highest BCUT2D eigenvalue weighted by Crippen LogP contribution is 2.39. The Bertz CT molecular complexity index is 1310. The predicted octanol–water partition coefficient (Wildman–Crippen LogP) is 4.37. The van der Waals surface area contributed by atoms with Gasteiger partial charge in [0.1, 0.15) is 0 Å². The van der Waals surface area contributed by atoms with Crippen molar-refractivity contribution in [3.63, 3.8) is 0 Å². The summed E-state index contributed by atoms with van der Waals surface area (Å²) in [5.41, 5.74) is 4.81. The number of ketones is 1. The topological polar surface area (TPSA) is 53.2 Å².